The van der Waals surface area contributed by atoms with Gasteiger partial charge in [-0.25, -0.2) is 4.39 Å². The van der Waals surface area contributed by atoms with Crippen molar-refractivity contribution in [3.05, 3.63) is 34.1 Å². The molecule has 15 heavy (non-hydrogen) atoms. The molecule has 0 aromatic heterocycles. The largest absolute Gasteiger partial charge is 0.342 e. The summed E-state index contributed by atoms with van der Waals surface area (Å²) in [7, 11) is 0. The molecule has 2 rings (SSSR count). The quantitative estimate of drug-likeness (QED) is 0.895. The van der Waals surface area contributed by atoms with Crippen molar-refractivity contribution in [1.29, 1.82) is 0 Å². The van der Waals surface area contributed by atoms with Gasteiger partial charge in [0.05, 0.1) is 24.2 Å². The predicted octanol–water partition coefficient (Wildman–Crippen LogP) is 1.75. The average Bonchev–Trinajstić information content (AvgIpc) is 2.72. The summed E-state index contributed by atoms with van der Waals surface area (Å²) in [6.45, 7) is 1.23. The smallest absolute Gasteiger partial charge is 0.207 e. The maximum atomic E-state index is 13.1. The van der Waals surface area contributed by atoms with Gasteiger partial charge in [0.15, 0.2) is 0 Å². The van der Waals surface area contributed by atoms with E-state index in [2.05, 4.69) is 15.9 Å². The fourth-order valence-electron chi connectivity index (χ4n) is 1.59. The van der Waals surface area contributed by atoms with Gasteiger partial charge in [0, 0.05) is 5.56 Å². The number of hydrogen-bond acceptors (Lipinski definition) is 3. The summed E-state index contributed by atoms with van der Waals surface area (Å²) in [6.07, 6.45) is 0. The van der Waals surface area contributed by atoms with Gasteiger partial charge < -0.3 is 15.2 Å². The maximum absolute atomic E-state index is 13.1. The Hall–Kier alpha value is -0.490. The zero-order chi connectivity index (χ0) is 10.9. The number of hydrogen-bond donors (Lipinski definition) is 1. The predicted molar refractivity (Wildman–Crippen MR) is 56.7 cm³/mol. The number of ether oxygens (including phenoxy) is 2. The van der Waals surface area contributed by atoms with E-state index in [1.807, 2.05) is 0 Å². The Labute approximate surface area is 95.5 Å². The zero-order valence-corrected chi connectivity index (χ0v) is 9.59. The third-order valence-electron chi connectivity index (χ3n) is 2.38. The molecule has 82 valence electrons. The molecule has 5 heteroatoms. The number of rotatable bonds is 2. The van der Waals surface area contributed by atoms with Gasteiger partial charge in [0.1, 0.15) is 5.82 Å². The highest BCUT2D eigenvalue weighted by atomic mass is 79.9. The molecule has 1 aliphatic rings. The Balaban J connectivity index is 2.38. The molecule has 1 heterocycles. The summed E-state index contributed by atoms with van der Waals surface area (Å²) in [5.41, 5.74) is 6.36. The summed E-state index contributed by atoms with van der Waals surface area (Å²) in [6, 6.07) is 4.62. The van der Waals surface area contributed by atoms with E-state index < -0.39 is 5.79 Å². The van der Waals surface area contributed by atoms with Crippen LogP contribution >= 0.6 is 15.9 Å². The first kappa shape index (κ1) is 11.0. The lowest BCUT2D eigenvalue weighted by Crippen LogP contribution is -2.36. The molecule has 0 aliphatic carbocycles. The second-order valence-corrected chi connectivity index (χ2v) is 4.14. The first-order chi connectivity index (χ1) is 7.18. The molecule has 1 aromatic carbocycles. The van der Waals surface area contributed by atoms with Crippen LogP contribution in [-0.4, -0.2) is 19.8 Å². The van der Waals surface area contributed by atoms with Crippen molar-refractivity contribution in [2.75, 3.05) is 19.8 Å². The van der Waals surface area contributed by atoms with E-state index in [0.29, 0.717) is 17.7 Å². The molecule has 1 aliphatic heterocycles. The second kappa shape index (κ2) is 4.17. The van der Waals surface area contributed by atoms with Crippen molar-refractivity contribution in [2.45, 2.75) is 5.79 Å². The van der Waals surface area contributed by atoms with Crippen LogP contribution in [0.2, 0.25) is 0 Å². The first-order valence-electron chi connectivity index (χ1n) is 4.61. The Morgan fingerprint density at radius 3 is 2.60 bits per heavy atom. The number of halogens is 2. The van der Waals surface area contributed by atoms with Crippen LogP contribution in [0.3, 0.4) is 0 Å². The monoisotopic (exact) mass is 275 g/mol. The van der Waals surface area contributed by atoms with Crippen molar-refractivity contribution in [2.24, 2.45) is 5.73 Å². The summed E-state index contributed by atoms with van der Waals surface area (Å²) in [4.78, 5) is 0. The van der Waals surface area contributed by atoms with Gasteiger partial charge in [-0.1, -0.05) is 6.07 Å². The zero-order valence-electron chi connectivity index (χ0n) is 8.00. The molecular weight excluding hydrogens is 265 g/mol. The van der Waals surface area contributed by atoms with E-state index in [4.69, 9.17) is 15.2 Å². The van der Waals surface area contributed by atoms with Crippen molar-refractivity contribution in [3.63, 3.8) is 0 Å². The van der Waals surface area contributed by atoms with E-state index in [1.165, 1.54) is 6.07 Å². The van der Waals surface area contributed by atoms with E-state index in [1.54, 1.807) is 12.1 Å². The third kappa shape index (κ3) is 1.92. The molecular formula is C10H11BrFNO2. The molecule has 0 unspecified atom stereocenters. The van der Waals surface area contributed by atoms with Crippen LogP contribution < -0.4 is 5.73 Å². The molecule has 0 radical (unpaired) electrons. The molecule has 0 spiro atoms. The SMILES string of the molecule is NCC1(c2ccc(F)c(Br)c2)OCCO1. The second-order valence-electron chi connectivity index (χ2n) is 3.28. The highest BCUT2D eigenvalue weighted by Crippen LogP contribution is 2.32. The van der Waals surface area contributed by atoms with Crippen molar-refractivity contribution >= 4 is 15.9 Å². The Morgan fingerprint density at radius 1 is 1.40 bits per heavy atom. The summed E-state index contributed by atoms with van der Waals surface area (Å²) < 4.78 is 24.4. The molecule has 0 bridgehead atoms. The summed E-state index contributed by atoms with van der Waals surface area (Å²) in [5, 5.41) is 0. The van der Waals surface area contributed by atoms with Gasteiger partial charge in [0.25, 0.3) is 0 Å². The summed E-state index contributed by atoms with van der Waals surface area (Å²) >= 11 is 3.12. The third-order valence-corrected chi connectivity index (χ3v) is 2.99. The van der Waals surface area contributed by atoms with Crippen molar-refractivity contribution in [3.8, 4) is 0 Å². The van der Waals surface area contributed by atoms with E-state index in [9.17, 15) is 4.39 Å². The Morgan fingerprint density at radius 2 is 2.07 bits per heavy atom. The average molecular weight is 276 g/mol. The van der Waals surface area contributed by atoms with Crippen molar-refractivity contribution in [1.82, 2.24) is 0 Å². The minimum Gasteiger partial charge on any atom is -0.342 e. The minimum absolute atomic E-state index is 0.213. The molecule has 1 saturated heterocycles. The highest BCUT2D eigenvalue weighted by Gasteiger charge is 2.37. The van der Waals surface area contributed by atoms with Crippen LogP contribution in [0.4, 0.5) is 4.39 Å². The fourth-order valence-corrected chi connectivity index (χ4v) is 1.97. The molecule has 0 saturated carbocycles. The van der Waals surface area contributed by atoms with Gasteiger partial charge in [0.2, 0.25) is 5.79 Å². The van der Waals surface area contributed by atoms with Crippen LogP contribution in [0.1, 0.15) is 5.56 Å². The molecule has 1 fully saturated rings. The lowest BCUT2D eigenvalue weighted by Gasteiger charge is -2.26. The number of nitrogens with two attached hydrogens (primary N) is 1. The lowest BCUT2D eigenvalue weighted by atomic mass is 10.1. The fraction of sp³-hybridized carbons (Fsp3) is 0.400. The number of benzene rings is 1. The standard InChI is InChI=1S/C10H11BrFNO2/c11-8-5-7(1-2-9(8)12)10(6-13)14-3-4-15-10/h1-2,5H,3-4,6,13H2. The molecule has 2 N–H and O–H groups in total. The van der Waals surface area contributed by atoms with Gasteiger partial charge in [-0.2, -0.15) is 0 Å². The topological polar surface area (TPSA) is 44.5 Å². The van der Waals surface area contributed by atoms with E-state index in [0.717, 1.165) is 5.56 Å². The van der Waals surface area contributed by atoms with Gasteiger partial charge in [-0.05, 0) is 28.1 Å². The molecule has 0 atom stereocenters. The molecule has 0 amide bonds. The Bertz CT molecular complexity index is 366. The molecule has 3 nitrogen and oxygen atoms in total. The van der Waals surface area contributed by atoms with Crippen molar-refractivity contribution < 1.29 is 13.9 Å². The van der Waals surface area contributed by atoms with Crippen LogP contribution in [0, 0.1) is 5.82 Å². The maximum Gasteiger partial charge on any atom is 0.207 e. The van der Waals surface area contributed by atoms with E-state index in [-0.39, 0.29) is 12.4 Å². The first-order valence-corrected chi connectivity index (χ1v) is 5.41. The van der Waals surface area contributed by atoms with Crippen LogP contribution in [0.15, 0.2) is 22.7 Å². The summed E-state index contributed by atoms with van der Waals surface area (Å²) in [5.74, 6) is -1.22. The van der Waals surface area contributed by atoms with Crippen LogP contribution in [-0.2, 0) is 15.3 Å². The Kier molecular flexibility index (Phi) is 3.06. The van der Waals surface area contributed by atoms with Gasteiger partial charge >= 0.3 is 0 Å². The van der Waals surface area contributed by atoms with E-state index >= 15 is 0 Å². The highest BCUT2D eigenvalue weighted by molar-refractivity contribution is 9.10. The minimum atomic E-state index is -0.907. The molecule has 1 aromatic rings. The van der Waals surface area contributed by atoms with Gasteiger partial charge in [-0.15, -0.1) is 0 Å². The van der Waals surface area contributed by atoms with Gasteiger partial charge in [-0.3, -0.25) is 0 Å². The van der Waals surface area contributed by atoms with Crippen LogP contribution in [0.5, 0.6) is 0 Å². The normalized spacial score (nSPS) is 19.4. The van der Waals surface area contributed by atoms with Crippen LogP contribution in [0.25, 0.3) is 0 Å². The lowest BCUT2D eigenvalue weighted by molar-refractivity contribution is -0.157.